The van der Waals surface area contributed by atoms with Crippen LogP contribution in [-0.2, 0) is 9.53 Å². The summed E-state index contributed by atoms with van der Waals surface area (Å²) in [5.74, 6) is 0.447. The van der Waals surface area contributed by atoms with Gasteiger partial charge in [-0.3, -0.25) is 14.6 Å². The third-order valence-electron chi connectivity index (χ3n) is 5.47. The Morgan fingerprint density at radius 3 is 2.24 bits per heavy atom. The van der Waals surface area contributed by atoms with E-state index < -0.39 is 12.1 Å². The van der Waals surface area contributed by atoms with Gasteiger partial charge < -0.3 is 19.5 Å². The van der Waals surface area contributed by atoms with Gasteiger partial charge in [0.15, 0.2) is 0 Å². The standard InChI is InChI=1S/C21H31N3O5/c1-28-21(27)17-4-6-19(7-5-17)29-16-18(25)14-22-10-12-23(13-11-22)15-20(26)24-8-2-3-9-24/h4-7,18,25H,2-3,8-16H2,1H3/t18-/m0/s1. The van der Waals surface area contributed by atoms with E-state index in [1.54, 1.807) is 24.3 Å². The van der Waals surface area contributed by atoms with Crippen molar-refractivity contribution in [2.24, 2.45) is 0 Å². The van der Waals surface area contributed by atoms with E-state index in [-0.39, 0.29) is 12.5 Å². The van der Waals surface area contributed by atoms with Crippen LogP contribution in [0.3, 0.4) is 0 Å². The number of hydrogen-bond donors (Lipinski definition) is 1. The molecule has 1 aromatic rings. The average Bonchev–Trinajstić information content (AvgIpc) is 3.28. The number of likely N-dealkylation sites (tertiary alicyclic amines) is 1. The molecule has 0 spiro atoms. The molecule has 1 aromatic carbocycles. The fraction of sp³-hybridized carbons (Fsp3) is 0.619. The largest absolute Gasteiger partial charge is 0.491 e. The van der Waals surface area contributed by atoms with Crippen LogP contribution < -0.4 is 4.74 Å². The zero-order valence-electron chi connectivity index (χ0n) is 17.1. The maximum atomic E-state index is 12.3. The second-order valence-electron chi connectivity index (χ2n) is 7.65. The molecule has 2 fully saturated rings. The number of aliphatic hydroxyl groups is 1. The highest BCUT2D eigenvalue weighted by molar-refractivity contribution is 5.89. The average molecular weight is 405 g/mol. The Hall–Kier alpha value is -2.16. The van der Waals surface area contributed by atoms with E-state index in [4.69, 9.17) is 4.74 Å². The molecule has 1 N–H and O–H groups in total. The van der Waals surface area contributed by atoms with Crippen molar-refractivity contribution in [2.75, 3.05) is 66.1 Å². The van der Waals surface area contributed by atoms with Crippen molar-refractivity contribution in [1.82, 2.24) is 14.7 Å². The minimum atomic E-state index is -0.604. The number of β-amino-alcohol motifs (C(OH)–C–C–N with tert-alkyl or cyclic N) is 1. The molecule has 3 rings (SSSR count). The third-order valence-corrected chi connectivity index (χ3v) is 5.47. The molecule has 0 saturated carbocycles. The van der Waals surface area contributed by atoms with E-state index in [1.807, 2.05) is 4.90 Å². The fourth-order valence-electron chi connectivity index (χ4n) is 3.74. The summed E-state index contributed by atoms with van der Waals surface area (Å²) in [6, 6.07) is 6.65. The van der Waals surface area contributed by atoms with Crippen molar-refractivity contribution in [1.29, 1.82) is 0 Å². The van der Waals surface area contributed by atoms with Crippen molar-refractivity contribution >= 4 is 11.9 Å². The second-order valence-corrected chi connectivity index (χ2v) is 7.65. The number of ether oxygens (including phenoxy) is 2. The van der Waals surface area contributed by atoms with Crippen molar-refractivity contribution in [3.05, 3.63) is 29.8 Å². The molecule has 2 saturated heterocycles. The maximum Gasteiger partial charge on any atom is 0.337 e. The van der Waals surface area contributed by atoms with Gasteiger partial charge in [-0.25, -0.2) is 4.79 Å². The fourth-order valence-corrected chi connectivity index (χ4v) is 3.74. The maximum absolute atomic E-state index is 12.3. The molecule has 1 amide bonds. The van der Waals surface area contributed by atoms with Gasteiger partial charge >= 0.3 is 5.97 Å². The zero-order valence-corrected chi connectivity index (χ0v) is 17.1. The molecule has 2 aliphatic rings. The number of methoxy groups -OCH3 is 1. The molecule has 8 nitrogen and oxygen atoms in total. The highest BCUT2D eigenvalue weighted by Gasteiger charge is 2.24. The Kier molecular flexibility index (Phi) is 7.85. The Balaban J connectivity index is 1.33. The first-order valence-corrected chi connectivity index (χ1v) is 10.3. The van der Waals surface area contributed by atoms with Gasteiger partial charge in [0.25, 0.3) is 0 Å². The SMILES string of the molecule is COC(=O)c1ccc(OC[C@@H](O)CN2CCN(CC(=O)N3CCCC3)CC2)cc1. The molecule has 2 aliphatic heterocycles. The van der Waals surface area contributed by atoms with Crippen molar-refractivity contribution in [3.63, 3.8) is 0 Å². The number of hydrogen-bond acceptors (Lipinski definition) is 7. The number of benzene rings is 1. The highest BCUT2D eigenvalue weighted by atomic mass is 16.5. The Bertz CT molecular complexity index is 667. The smallest absolute Gasteiger partial charge is 0.337 e. The molecule has 0 aliphatic carbocycles. The van der Waals surface area contributed by atoms with E-state index in [0.717, 1.165) is 52.1 Å². The number of nitrogens with zero attached hydrogens (tertiary/aromatic N) is 3. The van der Waals surface area contributed by atoms with Crippen LogP contribution in [0, 0.1) is 0 Å². The van der Waals surface area contributed by atoms with Crippen LogP contribution in [0.1, 0.15) is 23.2 Å². The number of carbonyl (C=O) groups excluding carboxylic acids is 2. The molecule has 160 valence electrons. The summed E-state index contributed by atoms with van der Waals surface area (Å²) in [6.07, 6.45) is 1.64. The summed E-state index contributed by atoms with van der Waals surface area (Å²) in [4.78, 5) is 30.0. The summed E-state index contributed by atoms with van der Waals surface area (Å²) in [6.45, 7) is 6.36. The van der Waals surface area contributed by atoms with Gasteiger partial charge in [0.2, 0.25) is 5.91 Å². The van der Waals surface area contributed by atoms with Gasteiger partial charge in [-0.15, -0.1) is 0 Å². The zero-order chi connectivity index (χ0) is 20.6. The molecule has 8 heteroatoms. The second kappa shape index (κ2) is 10.6. The van der Waals surface area contributed by atoms with Crippen molar-refractivity contribution in [2.45, 2.75) is 18.9 Å². The van der Waals surface area contributed by atoms with Crippen LogP contribution in [0.25, 0.3) is 0 Å². The van der Waals surface area contributed by atoms with Gasteiger partial charge in [0.1, 0.15) is 18.5 Å². The number of carbonyl (C=O) groups is 2. The van der Waals surface area contributed by atoms with Gasteiger partial charge in [0.05, 0.1) is 19.2 Å². The van der Waals surface area contributed by atoms with Crippen LogP contribution in [0.4, 0.5) is 0 Å². The van der Waals surface area contributed by atoms with Crippen LogP contribution >= 0.6 is 0 Å². The summed E-state index contributed by atoms with van der Waals surface area (Å²) in [7, 11) is 1.34. The Labute approximate surface area is 172 Å². The van der Waals surface area contributed by atoms with Crippen LogP contribution in [-0.4, -0.2) is 104 Å². The van der Waals surface area contributed by atoms with E-state index in [2.05, 4.69) is 14.5 Å². The summed E-state index contributed by atoms with van der Waals surface area (Å²) in [5, 5.41) is 10.3. The van der Waals surface area contributed by atoms with E-state index in [9.17, 15) is 14.7 Å². The van der Waals surface area contributed by atoms with Crippen LogP contribution in [0.5, 0.6) is 5.75 Å². The van der Waals surface area contributed by atoms with E-state index >= 15 is 0 Å². The summed E-state index contributed by atoms with van der Waals surface area (Å²) in [5.41, 5.74) is 0.460. The van der Waals surface area contributed by atoms with E-state index in [1.165, 1.54) is 7.11 Å². The lowest BCUT2D eigenvalue weighted by molar-refractivity contribution is -0.131. The quantitative estimate of drug-likeness (QED) is 0.629. The number of amides is 1. The first kappa shape index (κ1) is 21.5. The third kappa shape index (κ3) is 6.42. The lowest BCUT2D eigenvalue weighted by Gasteiger charge is -2.35. The molecular weight excluding hydrogens is 374 g/mol. The predicted molar refractivity (Wildman–Crippen MR) is 108 cm³/mol. The number of piperazine rings is 1. The minimum Gasteiger partial charge on any atom is -0.491 e. The van der Waals surface area contributed by atoms with Crippen molar-refractivity contribution in [3.8, 4) is 5.75 Å². The molecule has 0 unspecified atom stereocenters. The Morgan fingerprint density at radius 2 is 1.62 bits per heavy atom. The van der Waals surface area contributed by atoms with Gasteiger partial charge in [-0.05, 0) is 37.1 Å². The predicted octanol–water partition coefficient (Wildman–Crippen LogP) is 0.453. The summed E-state index contributed by atoms with van der Waals surface area (Å²) < 4.78 is 10.3. The minimum absolute atomic E-state index is 0.186. The molecular formula is C21H31N3O5. The molecule has 29 heavy (non-hydrogen) atoms. The first-order valence-electron chi connectivity index (χ1n) is 10.3. The topological polar surface area (TPSA) is 82.5 Å². The molecule has 0 radical (unpaired) electrons. The Morgan fingerprint density at radius 1 is 1.00 bits per heavy atom. The molecule has 1 atom stereocenters. The molecule has 2 heterocycles. The first-order chi connectivity index (χ1) is 14.0. The van der Waals surface area contributed by atoms with Crippen molar-refractivity contribution < 1.29 is 24.2 Å². The molecule has 0 aromatic heterocycles. The van der Waals surface area contributed by atoms with Gasteiger partial charge in [-0.1, -0.05) is 0 Å². The number of esters is 1. The van der Waals surface area contributed by atoms with Crippen LogP contribution in [0.15, 0.2) is 24.3 Å². The number of aliphatic hydroxyl groups excluding tert-OH is 1. The monoisotopic (exact) mass is 405 g/mol. The molecule has 0 bridgehead atoms. The van der Waals surface area contributed by atoms with Crippen LogP contribution in [0.2, 0.25) is 0 Å². The van der Waals surface area contributed by atoms with Gasteiger partial charge in [0, 0.05) is 45.8 Å². The lowest BCUT2D eigenvalue weighted by atomic mass is 10.2. The number of rotatable bonds is 8. The normalized spacial score (nSPS) is 19.2. The van der Waals surface area contributed by atoms with E-state index in [0.29, 0.717) is 24.4 Å². The lowest BCUT2D eigenvalue weighted by Crippen LogP contribution is -2.51. The summed E-state index contributed by atoms with van der Waals surface area (Å²) >= 11 is 0. The van der Waals surface area contributed by atoms with Gasteiger partial charge in [-0.2, -0.15) is 0 Å². The highest BCUT2D eigenvalue weighted by Crippen LogP contribution is 2.14.